The number of anilines is 1. The Bertz CT molecular complexity index is 770. The number of benzene rings is 2. The molecule has 0 saturated carbocycles. The summed E-state index contributed by atoms with van der Waals surface area (Å²) in [6, 6.07) is 13.1. The summed E-state index contributed by atoms with van der Waals surface area (Å²) >= 11 is 0. The fourth-order valence-electron chi connectivity index (χ4n) is 1.85. The molecule has 0 aliphatic carbocycles. The molecule has 0 saturated heterocycles. The number of carbonyl (C=O) groups excluding carboxylic acids is 1. The SMILES string of the molecule is CS(=O)(=O)c1cccc(C(=O)Nc2cccc(CN)c2)c1. The minimum absolute atomic E-state index is 0.117. The lowest BCUT2D eigenvalue weighted by Gasteiger charge is -2.07. The van der Waals surface area contributed by atoms with E-state index in [9.17, 15) is 13.2 Å². The Morgan fingerprint density at radius 1 is 1.14 bits per heavy atom. The van der Waals surface area contributed by atoms with Crippen molar-refractivity contribution in [2.24, 2.45) is 5.73 Å². The number of sulfone groups is 1. The van der Waals surface area contributed by atoms with Crippen LogP contribution in [0.2, 0.25) is 0 Å². The zero-order valence-corrected chi connectivity index (χ0v) is 12.4. The minimum Gasteiger partial charge on any atom is -0.326 e. The van der Waals surface area contributed by atoms with E-state index >= 15 is 0 Å². The quantitative estimate of drug-likeness (QED) is 0.901. The maximum absolute atomic E-state index is 12.2. The third kappa shape index (κ3) is 3.90. The van der Waals surface area contributed by atoms with Crippen molar-refractivity contribution in [2.75, 3.05) is 11.6 Å². The van der Waals surface area contributed by atoms with Crippen LogP contribution >= 0.6 is 0 Å². The molecule has 6 heteroatoms. The molecule has 0 atom stereocenters. The summed E-state index contributed by atoms with van der Waals surface area (Å²) in [7, 11) is -3.34. The van der Waals surface area contributed by atoms with Crippen LogP contribution in [0, 0.1) is 0 Å². The monoisotopic (exact) mass is 304 g/mol. The number of nitrogens with one attached hydrogen (secondary N) is 1. The van der Waals surface area contributed by atoms with Crippen molar-refractivity contribution in [3.8, 4) is 0 Å². The molecule has 3 N–H and O–H groups in total. The molecule has 1 amide bonds. The van der Waals surface area contributed by atoms with Crippen LogP contribution in [0.3, 0.4) is 0 Å². The van der Waals surface area contributed by atoms with Gasteiger partial charge in [-0.2, -0.15) is 0 Å². The van der Waals surface area contributed by atoms with Crippen LogP contribution in [0.15, 0.2) is 53.4 Å². The molecule has 0 aliphatic heterocycles. The molecule has 0 fully saturated rings. The topological polar surface area (TPSA) is 89.3 Å². The average molecular weight is 304 g/mol. The second-order valence-corrected chi connectivity index (χ2v) is 6.67. The maximum atomic E-state index is 12.2. The van der Waals surface area contributed by atoms with Crippen molar-refractivity contribution in [2.45, 2.75) is 11.4 Å². The molecule has 0 spiro atoms. The normalized spacial score (nSPS) is 11.1. The molecule has 21 heavy (non-hydrogen) atoms. The highest BCUT2D eigenvalue weighted by Crippen LogP contribution is 2.15. The van der Waals surface area contributed by atoms with Gasteiger partial charge in [-0.1, -0.05) is 18.2 Å². The van der Waals surface area contributed by atoms with Crippen molar-refractivity contribution >= 4 is 21.4 Å². The van der Waals surface area contributed by atoms with Crippen LogP contribution < -0.4 is 11.1 Å². The van der Waals surface area contributed by atoms with Crippen molar-refractivity contribution < 1.29 is 13.2 Å². The van der Waals surface area contributed by atoms with E-state index < -0.39 is 9.84 Å². The van der Waals surface area contributed by atoms with Gasteiger partial charge in [-0.15, -0.1) is 0 Å². The molecule has 0 bridgehead atoms. The smallest absolute Gasteiger partial charge is 0.255 e. The van der Waals surface area contributed by atoms with Gasteiger partial charge < -0.3 is 11.1 Å². The maximum Gasteiger partial charge on any atom is 0.255 e. The van der Waals surface area contributed by atoms with Crippen molar-refractivity contribution in [3.05, 3.63) is 59.7 Å². The second kappa shape index (κ2) is 6.07. The van der Waals surface area contributed by atoms with Crippen LogP contribution in [-0.2, 0) is 16.4 Å². The summed E-state index contributed by atoms with van der Waals surface area (Å²) in [5, 5.41) is 2.72. The predicted octanol–water partition coefficient (Wildman–Crippen LogP) is 1.80. The fraction of sp³-hybridized carbons (Fsp3) is 0.133. The molecule has 2 aromatic rings. The standard InChI is InChI=1S/C15H16N2O3S/c1-21(19,20)14-7-3-5-12(9-14)15(18)17-13-6-2-4-11(8-13)10-16/h2-9H,10,16H2,1H3,(H,17,18). The molecule has 2 aromatic carbocycles. The van der Waals surface area contributed by atoms with E-state index in [-0.39, 0.29) is 16.4 Å². The van der Waals surface area contributed by atoms with Gasteiger partial charge in [0.25, 0.3) is 5.91 Å². The van der Waals surface area contributed by atoms with Gasteiger partial charge in [0.2, 0.25) is 0 Å². The lowest BCUT2D eigenvalue weighted by molar-refractivity contribution is 0.102. The van der Waals surface area contributed by atoms with Crippen LogP contribution in [0.4, 0.5) is 5.69 Å². The number of amides is 1. The first-order valence-corrected chi connectivity index (χ1v) is 8.20. The molecule has 0 aromatic heterocycles. The van der Waals surface area contributed by atoms with Crippen LogP contribution in [0.1, 0.15) is 15.9 Å². The Labute approximate surface area is 123 Å². The minimum atomic E-state index is -3.34. The molecule has 0 unspecified atom stereocenters. The van der Waals surface area contributed by atoms with Gasteiger partial charge in [0.05, 0.1) is 4.90 Å². The lowest BCUT2D eigenvalue weighted by atomic mass is 10.2. The molecule has 0 heterocycles. The highest BCUT2D eigenvalue weighted by Gasteiger charge is 2.11. The average Bonchev–Trinajstić information content (AvgIpc) is 2.46. The Morgan fingerprint density at radius 3 is 2.52 bits per heavy atom. The predicted molar refractivity (Wildman–Crippen MR) is 81.8 cm³/mol. The van der Waals surface area contributed by atoms with Gasteiger partial charge in [-0.25, -0.2) is 8.42 Å². The van der Waals surface area contributed by atoms with Gasteiger partial charge in [-0.3, -0.25) is 4.79 Å². The van der Waals surface area contributed by atoms with E-state index in [2.05, 4.69) is 5.32 Å². The molecular weight excluding hydrogens is 288 g/mol. The summed E-state index contributed by atoms with van der Waals surface area (Å²) in [6.07, 6.45) is 1.11. The van der Waals surface area contributed by atoms with Gasteiger partial charge in [0.15, 0.2) is 9.84 Å². The summed E-state index contributed by atoms with van der Waals surface area (Å²) in [5.41, 5.74) is 7.36. The van der Waals surface area contributed by atoms with Crippen LogP contribution in [0.25, 0.3) is 0 Å². The highest BCUT2D eigenvalue weighted by atomic mass is 32.2. The van der Waals surface area contributed by atoms with E-state index in [0.29, 0.717) is 12.2 Å². The Balaban J connectivity index is 2.24. The zero-order valence-electron chi connectivity index (χ0n) is 11.5. The molecular formula is C15H16N2O3S. The lowest BCUT2D eigenvalue weighted by Crippen LogP contribution is -2.13. The van der Waals surface area contributed by atoms with Gasteiger partial charge in [-0.05, 0) is 35.9 Å². The Morgan fingerprint density at radius 2 is 1.86 bits per heavy atom. The zero-order chi connectivity index (χ0) is 15.5. The highest BCUT2D eigenvalue weighted by molar-refractivity contribution is 7.90. The Hall–Kier alpha value is -2.18. The second-order valence-electron chi connectivity index (χ2n) is 4.66. The molecule has 0 radical (unpaired) electrons. The van der Waals surface area contributed by atoms with Gasteiger partial charge in [0, 0.05) is 24.1 Å². The van der Waals surface area contributed by atoms with Crippen molar-refractivity contribution in [1.29, 1.82) is 0 Å². The van der Waals surface area contributed by atoms with Crippen molar-refractivity contribution in [1.82, 2.24) is 0 Å². The Kier molecular flexibility index (Phi) is 4.40. The van der Waals surface area contributed by atoms with E-state index in [1.54, 1.807) is 30.3 Å². The number of carbonyl (C=O) groups is 1. The first-order chi connectivity index (χ1) is 9.90. The largest absolute Gasteiger partial charge is 0.326 e. The molecule has 110 valence electrons. The van der Waals surface area contributed by atoms with E-state index in [1.165, 1.54) is 12.1 Å². The van der Waals surface area contributed by atoms with Crippen LogP contribution in [-0.4, -0.2) is 20.6 Å². The third-order valence-corrected chi connectivity index (χ3v) is 4.06. The van der Waals surface area contributed by atoms with Crippen LogP contribution in [0.5, 0.6) is 0 Å². The van der Waals surface area contributed by atoms with E-state index in [4.69, 9.17) is 5.73 Å². The molecule has 0 aliphatic rings. The summed E-state index contributed by atoms with van der Waals surface area (Å²) in [4.78, 5) is 12.3. The third-order valence-electron chi connectivity index (χ3n) is 2.94. The summed E-state index contributed by atoms with van der Waals surface area (Å²) < 4.78 is 23.0. The van der Waals surface area contributed by atoms with Gasteiger partial charge >= 0.3 is 0 Å². The number of nitrogens with two attached hydrogens (primary N) is 1. The summed E-state index contributed by atoms with van der Waals surface area (Å²) in [6.45, 7) is 0.382. The van der Waals surface area contributed by atoms with Gasteiger partial charge in [0.1, 0.15) is 0 Å². The first kappa shape index (κ1) is 15.2. The molecule has 5 nitrogen and oxygen atoms in total. The fourth-order valence-corrected chi connectivity index (χ4v) is 2.51. The van der Waals surface area contributed by atoms with E-state index in [0.717, 1.165) is 11.8 Å². The molecule has 2 rings (SSSR count). The first-order valence-electron chi connectivity index (χ1n) is 6.30. The number of rotatable bonds is 4. The van der Waals surface area contributed by atoms with E-state index in [1.807, 2.05) is 6.07 Å². The summed E-state index contributed by atoms with van der Waals surface area (Å²) in [5.74, 6) is -0.366. The number of hydrogen-bond acceptors (Lipinski definition) is 4. The number of hydrogen-bond donors (Lipinski definition) is 2. The van der Waals surface area contributed by atoms with Crippen molar-refractivity contribution in [3.63, 3.8) is 0 Å².